The minimum absolute atomic E-state index is 0.0785. The molecule has 208 valence electrons. The zero-order chi connectivity index (χ0) is 28.3. The molecule has 2 aromatic heterocycles. The summed E-state index contributed by atoms with van der Waals surface area (Å²) in [6.45, 7) is 3.00. The van der Waals surface area contributed by atoms with Crippen LogP contribution in [0.2, 0.25) is 0 Å². The summed E-state index contributed by atoms with van der Waals surface area (Å²) in [4.78, 5) is 37.9. The predicted octanol–water partition coefficient (Wildman–Crippen LogP) is 4.76. The molecule has 0 unspecified atom stereocenters. The molecular formula is C27H26BrN5O5S2. The Morgan fingerprint density at radius 2 is 1.80 bits per heavy atom. The third kappa shape index (κ3) is 6.02. The monoisotopic (exact) mass is 643 g/mol. The molecule has 1 fully saturated rings. The van der Waals surface area contributed by atoms with Crippen molar-refractivity contribution >= 4 is 64.6 Å². The average molecular weight is 645 g/mol. The molecule has 0 aliphatic carbocycles. The van der Waals surface area contributed by atoms with Gasteiger partial charge in [0.1, 0.15) is 0 Å². The maximum Gasteiger partial charge on any atom is 0.409 e. The summed E-state index contributed by atoms with van der Waals surface area (Å²) in [7, 11) is -3.80. The van der Waals surface area contributed by atoms with E-state index in [1.165, 1.54) is 44.8 Å². The summed E-state index contributed by atoms with van der Waals surface area (Å²) in [6, 6.07) is 17.1. The van der Waals surface area contributed by atoms with E-state index in [0.29, 0.717) is 16.4 Å². The Balaban J connectivity index is 1.37. The van der Waals surface area contributed by atoms with Gasteiger partial charge in [-0.2, -0.15) is 4.31 Å². The topological polar surface area (TPSA) is 113 Å². The second-order valence-electron chi connectivity index (χ2n) is 8.94. The predicted molar refractivity (Wildman–Crippen MR) is 156 cm³/mol. The number of piperazine rings is 1. The van der Waals surface area contributed by atoms with E-state index in [2.05, 4.69) is 25.9 Å². The molecule has 5 rings (SSSR count). The van der Waals surface area contributed by atoms with Crippen molar-refractivity contribution in [2.45, 2.75) is 18.4 Å². The van der Waals surface area contributed by atoms with Gasteiger partial charge in [-0.05, 0) is 61.5 Å². The van der Waals surface area contributed by atoms with Crippen LogP contribution in [0, 0.1) is 0 Å². The zero-order valence-corrected chi connectivity index (χ0v) is 24.8. The molecule has 0 saturated carbocycles. The van der Waals surface area contributed by atoms with Crippen LogP contribution in [0.4, 0.5) is 9.93 Å². The van der Waals surface area contributed by atoms with E-state index in [1.807, 2.05) is 30.3 Å². The first-order valence-corrected chi connectivity index (χ1v) is 15.6. The van der Waals surface area contributed by atoms with Crippen molar-refractivity contribution in [2.75, 3.05) is 37.7 Å². The fourth-order valence-electron chi connectivity index (χ4n) is 4.28. The van der Waals surface area contributed by atoms with Gasteiger partial charge in [-0.1, -0.05) is 33.3 Å². The molecule has 3 heterocycles. The number of ether oxygens (including phenoxy) is 1. The van der Waals surface area contributed by atoms with E-state index >= 15 is 0 Å². The zero-order valence-electron chi connectivity index (χ0n) is 21.6. The highest BCUT2D eigenvalue weighted by molar-refractivity contribution is 9.10. The van der Waals surface area contributed by atoms with Crippen LogP contribution in [0.5, 0.6) is 0 Å². The van der Waals surface area contributed by atoms with Gasteiger partial charge in [-0.25, -0.2) is 18.2 Å². The molecule has 2 aromatic carbocycles. The Labute approximate surface area is 244 Å². The molecule has 2 amide bonds. The van der Waals surface area contributed by atoms with Gasteiger partial charge in [0.2, 0.25) is 10.0 Å². The molecule has 4 aromatic rings. The number of hydrogen-bond acceptors (Lipinski definition) is 8. The number of fused-ring (bicyclic) bond motifs is 1. The molecule has 40 heavy (non-hydrogen) atoms. The third-order valence-electron chi connectivity index (χ3n) is 6.37. The van der Waals surface area contributed by atoms with E-state index < -0.39 is 16.1 Å². The van der Waals surface area contributed by atoms with Crippen molar-refractivity contribution in [2.24, 2.45) is 0 Å². The number of anilines is 1. The normalized spacial score (nSPS) is 14.3. The van der Waals surface area contributed by atoms with Gasteiger partial charge in [-0.15, -0.1) is 0 Å². The number of benzene rings is 2. The van der Waals surface area contributed by atoms with Gasteiger partial charge in [0.25, 0.3) is 5.91 Å². The van der Waals surface area contributed by atoms with Crippen molar-refractivity contribution in [3.63, 3.8) is 0 Å². The minimum Gasteiger partial charge on any atom is -0.450 e. The van der Waals surface area contributed by atoms with E-state index in [9.17, 15) is 18.0 Å². The van der Waals surface area contributed by atoms with E-state index in [0.717, 1.165) is 14.7 Å². The van der Waals surface area contributed by atoms with Crippen molar-refractivity contribution in [3.8, 4) is 0 Å². The second kappa shape index (κ2) is 12.0. The van der Waals surface area contributed by atoms with E-state index in [4.69, 9.17) is 4.74 Å². The smallest absolute Gasteiger partial charge is 0.409 e. The lowest BCUT2D eigenvalue weighted by Crippen LogP contribution is -2.50. The maximum absolute atomic E-state index is 13.8. The first-order chi connectivity index (χ1) is 19.3. The summed E-state index contributed by atoms with van der Waals surface area (Å²) in [5.41, 5.74) is 1.78. The second-order valence-corrected chi connectivity index (χ2v) is 12.8. The van der Waals surface area contributed by atoms with Crippen LogP contribution in [0.25, 0.3) is 10.2 Å². The Bertz CT molecular complexity index is 1620. The fourth-order valence-corrected chi connectivity index (χ4v) is 7.22. The van der Waals surface area contributed by atoms with Gasteiger partial charge in [-0.3, -0.25) is 14.7 Å². The number of carbonyl (C=O) groups excluding carboxylic acids is 2. The van der Waals surface area contributed by atoms with Crippen LogP contribution in [-0.4, -0.2) is 72.4 Å². The lowest BCUT2D eigenvalue weighted by molar-refractivity contribution is 0.0933. The Kier molecular flexibility index (Phi) is 8.45. The third-order valence-corrected chi connectivity index (χ3v) is 9.81. The Hall–Kier alpha value is -3.39. The largest absolute Gasteiger partial charge is 0.450 e. The molecule has 0 N–H and O–H groups in total. The van der Waals surface area contributed by atoms with Gasteiger partial charge < -0.3 is 9.64 Å². The molecular weight excluding hydrogens is 618 g/mol. The van der Waals surface area contributed by atoms with E-state index in [1.54, 1.807) is 24.1 Å². The van der Waals surface area contributed by atoms with Crippen molar-refractivity contribution < 1.29 is 22.7 Å². The number of rotatable bonds is 7. The van der Waals surface area contributed by atoms with Gasteiger partial charge in [0.05, 0.1) is 34.0 Å². The molecule has 0 spiro atoms. The van der Waals surface area contributed by atoms with Crippen molar-refractivity contribution in [1.29, 1.82) is 0 Å². The first-order valence-electron chi connectivity index (χ1n) is 12.6. The number of hydrogen-bond donors (Lipinski definition) is 0. The van der Waals surface area contributed by atoms with Crippen LogP contribution in [0.15, 0.2) is 76.2 Å². The number of aromatic nitrogens is 2. The number of nitrogens with zero attached hydrogens (tertiary/aromatic N) is 5. The molecule has 1 aliphatic rings. The molecule has 0 radical (unpaired) electrons. The fraction of sp³-hybridized carbons (Fsp3) is 0.259. The van der Waals surface area contributed by atoms with Crippen LogP contribution in [0.3, 0.4) is 0 Å². The molecule has 0 atom stereocenters. The highest BCUT2D eigenvalue weighted by atomic mass is 79.9. The molecule has 0 bridgehead atoms. The average Bonchev–Trinajstić information content (AvgIpc) is 3.39. The van der Waals surface area contributed by atoms with Crippen molar-refractivity contribution in [1.82, 2.24) is 19.2 Å². The number of carbonyl (C=O) groups is 2. The van der Waals surface area contributed by atoms with Gasteiger partial charge in [0.15, 0.2) is 5.13 Å². The highest BCUT2D eigenvalue weighted by Crippen LogP contribution is 2.32. The summed E-state index contributed by atoms with van der Waals surface area (Å²) in [5, 5.41) is 0.514. The van der Waals surface area contributed by atoms with Crippen LogP contribution in [-0.2, 0) is 21.3 Å². The number of amides is 2. The number of halogens is 1. The molecule has 10 nitrogen and oxygen atoms in total. The standard InChI is InChI=1S/C27H26BrN5O5S2/c1-2-38-27(35)31-13-15-32(16-14-31)40(36,37)22-9-6-19(7-10-22)25(34)33(18-21-5-3-4-12-29-21)26-30-23-11-8-20(28)17-24(23)39-26/h3-12,17H,2,13-16,18H2,1H3. The number of sulfonamides is 1. The first kappa shape index (κ1) is 28.1. The SMILES string of the molecule is CCOC(=O)N1CCN(S(=O)(=O)c2ccc(C(=O)N(Cc3ccccn3)c3nc4ccc(Br)cc4s3)cc2)CC1. The lowest BCUT2D eigenvalue weighted by Gasteiger charge is -2.33. The van der Waals surface area contributed by atoms with Crippen LogP contribution >= 0.6 is 27.3 Å². The molecule has 1 saturated heterocycles. The Morgan fingerprint density at radius 3 is 2.48 bits per heavy atom. The maximum atomic E-state index is 13.8. The number of thiazole rings is 1. The van der Waals surface area contributed by atoms with E-state index in [-0.39, 0.29) is 50.1 Å². The van der Waals surface area contributed by atoms with Gasteiger partial charge in [0, 0.05) is 42.4 Å². The summed E-state index contributed by atoms with van der Waals surface area (Å²) in [5.74, 6) is -0.323. The summed E-state index contributed by atoms with van der Waals surface area (Å²) >= 11 is 4.87. The van der Waals surface area contributed by atoms with Crippen LogP contribution < -0.4 is 4.90 Å². The number of pyridine rings is 1. The summed E-state index contributed by atoms with van der Waals surface area (Å²) < 4.78 is 34.7. The molecule has 1 aliphatic heterocycles. The molecule has 13 heteroatoms. The Morgan fingerprint density at radius 1 is 1.05 bits per heavy atom. The quantitative estimate of drug-likeness (QED) is 0.285. The summed E-state index contributed by atoms with van der Waals surface area (Å²) in [6.07, 6.45) is 1.22. The van der Waals surface area contributed by atoms with Crippen molar-refractivity contribution in [3.05, 3.63) is 82.6 Å². The van der Waals surface area contributed by atoms with Crippen LogP contribution in [0.1, 0.15) is 23.0 Å². The minimum atomic E-state index is -3.80. The lowest BCUT2D eigenvalue weighted by atomic mass is 10.2. The van der Waals surface area contributed by atoms with Gasteiger partial charge >= 0.3 is 6.09 Å². The highest BCUT2D eigenvalue weighted by Gasteiger charge is 2.31.